The molecule has 0 saturated heterocycles. The van der Waals surface area contributed by atoms with Gasteiger partial charge in [0.2, 0.25) is 5.91 Å². The molecule has 0 aliphatic carbocycles. The smallest absolute Gasteiger partial charge is 0.224 e. The maximum absolute atomic E-state index is 13.7. The lowest BCUT2D eigenvalue weighted by Crippen LogP contribution is -2.34. The lowest BCUT2D eigenvalue weighted by Gasteiger charge is -2.19. The third kappa shape index (κ3) is 3.31. The minimum atomic E-state index is -1.25. The summed E-state index contributed by atoms with van der Waals surface area (Å²) >= 11 is 0. The largest absolute Gasteiger partial charge is 0.357 e. The van der Waals surface area contributed by atoms with Gasteiger partial charge in [0, 0.05) is 51.1 Å². The topological polar surface area (TPSA) is 51.3 Å². The lowest BCUT2D eigenvalue weighted by molar-refractivity contribution is -0.132. The molecule has 1 amide bonds. The van der Waals surface area contributed by atoms with E-state index in [4.69, 9.17) is 5.73 Å². The number of carbonyl (C=O) groups excluding carboxylic acids is 1. The number of hydrogen-bond acceptors (Lipinski definition) is 2. The van der Waals surface area contributed by atoms with Crippen LogP contribution in [0.15, 0.2) is 24.5 Å². The van der Waals surface area contributed by atoms with Gasteiger partial charge in [-0.1, -0.05) is 0 Å². The summed E-state index contributed by atoms with van der Waals surface area (Å²) in [7, 11) is 1.92. The molecule has 0 radical (unpaired) electrons. The van der Waals surface area contributed by atoms with Crippen molar-refractivity contribution in [1.82, 2.24) is 9.47 Å². The van der Waals surface area contributed by atoms with Crippen LogP contribution in [0.3, 0.4) is 0 Å². The summed E-state index contributed by atoms with van der Waals surface area (Å²) in [6.07, 6.45) is 3.82. The quantitative estimate of drug-likeness (QED) is 0.870. The van der Waals surface area contributed by atoms with E-state index >= 15 is 0 Å². The minimum absolute atomic E-state index is 0.00598. The molecule has 24 heavy (non-hydrogen) atoms. The Morgan fingerprint density at radius 1 is 1.21 bits per heavy atom. The molecule has 1 aromatic carbocycles. The van der Waals surface area contributed by atoms with Crippen molar-refractivity contribution in [3.63, 3.8) is 0 Å². The highest BCUT2D eigenvalue weighted by atomic mass is 19.2. The summed E-state index contributed by atoms with van der Waals surface area (Å²) in [5.74, 6) is -3.39. The maximum Gasteiger partial charge on any atom is 0.224 e. The third-order valence-electron chi connectivity index (χ3n) is 4.19. The Hall–Kier alpha value is -2.28. The average molecular weight is 337 g/mol. The average Bonchev–Trinajstić information content (AvgIpc) is 3.01. The Labute approximate surface area is 137 Å². The van der Waals surface area contributed by atoms with Gasteiger partial charge < -0.3 is 15.2 Å². The predicted octanol–water partition coefficient (Wildman–Crippen LogP) is 2.24. The second-order valence-corrected chi connectivity index (χ2v) is 6.25. The molecule has 2 aromatic rings. The Kier molecular flexibility index (Phi) is 4.36. The van der Waals surface area contributed by atoms with E-state index in [1.54, 1.807) is 4.90 Å². The van der Waals surface area contributed by atoms with Gasteiger partial charge in [0.15, 0.2) is 11.6 Å². The first kappa shape index (κ1) is 16.6. The van der Waals surface area contributed by atoms with Gasteiger partial charge in [-0.25, -0.2) is 13.2 Å². The molecule has 7 heteroatoms. The minimum Gasteiger partial charge on any atom is -0.357 e. The van der Waals surface area contributed by atoms with Gasteiger partial charge >= 0.3 is 0 Å². The van der Waals surface area contributed by atoms with E-state index < -0.39 is 23.5 Å². The first-order valence-corrected chi connectivity index (χ1v) is 7.64. The van der Waals surface area contributed by atoms with Gasteiger partial charge in [-0.2, -0.15) is 0 Å². The van der Waals surface area contributed by atoms with Crippen LogP contribution in [-0.4, -0.2) is 21.4 Å². The summed E-state index contributed by atoms with van der Waals surface area (Å²) < 4.78 is 42.0. The molecule has 4 nitrogen and oxygen atoms in total. The monoisotopic (exact) mass is 337 g/mol. The Morgan fingerprint density at radius 3 is 2.46 bits per heavy atom. The molecule has 2 heterocycles. The Morgan fingerprint density at radius 2 is 1.83 bits per heavy atom. The number of carbonyl (C=O) groups is 1. The normalized spacial score (nSPS) is 14.8. The Balaban J connectivity index is 1.60. The second kappa shape index (κ2) is 6.32. The molecule has 0 saturated carbocycles. The highest BCUT2D eigenvalue weighted by molar-refractivity contribution is 5.77. The summed E-state index contributed by atoms with van der Waals surface area (Å²) in [5, 5.41) is 0. The fourth-order valence-electron chi connectivity index (χ4n) is 3.09. The van der Waals surface area contributed by atoms with E-state index in [9.17, 15) is 18.0 Å². The number of nitrogens with zero attached hydrogens (tertiary/aromatic N) is 2. The summed E-state index contributed by atoms with van der Waals surface area (Å²) in [6, 6.07) is 0.685. The van der Waals surface area contributed by atoms with Gasteiger partial charge in [0.1, 0.15) is 5.82 Å². The number of nitrogens with two attached hydrogens (primary N) is 1. The first-order valence-electron chi connectivity index (χ1n) is 7.64. The molecule has 128 valence electrons. The molecular formula is C17H18F3N3O. The highest BCUT2D eigenvalue weighted by Gasteiger charge is 2.26. The van der Waals surface area contributed by atoms with Crippen LogP contribution in [0, 0.1) is 17.5 Å². The molecule has 1 aliphatic heterocycles. The number of aryl methyl sites for hydroxylation is 1. The highest BCUT2D eigenvalue weighted by Crippen LogP contribution is 2.24. The van der Waals surface area contributed by atoms with Gasteiger partial charge in [-0.05, 0) is 29.2 Å². The number of amides is 1. The van der Waals surface area contributed by atoms with Gasteiger partial charge in [-0.3, -0.25) is 4.79 Å². The van der Waals surface area contributed by atoms with Crippen LogP contribution in [0.4, 0.5) is 13.2 Å². The van der Waals surface area contributed by atoms with Gasteiger partial charge in [0.05, 0.1) is 0 Å². The lowest BCUT2D eigenvalue weighted by atomic mass is 10.0. The molecule has 1 aromatic heterocycles. The van der Waals surface area contributed by atoms with Crippen molar-refractivity contribution in [3.8, 4) is 0 Å². The Bertz CT molecular complexity index is 764. The van der Waals surface area contributed by atoms with Crippen LogP contribution in [-0.2, 0) is 31.4 Å². The van der Waals surface area contributed by atoms with E-state index in [1.807, 2.05) is 24.0 Å². The number of benzene rings is 1. The van der Waals surface area contributed by atoms with E-state index in [0.717, 1.165) is 17.2 Å². The van der Waals surface area contributed by atoms with Gasteiger partial charge in [0.25, 0.3) is 0 Å². The van der Waals surface area contributed by atoms with Crippen LogP contribution in [0.2, 0.25) is 0 Å². The van der Waals surface area contributed by atoms with Crippen molar-refractivity contribution in [2.24, 2.45) is 12.8 Å². The number of halogens is 3. The number of hydrogen-bond donors (Lipinski definition) is 1. The summed E-state index contributed by atoms with van der Waals surface area (Å²) in [6.45, 7) is 1.04. The molecule has 1 aliphatic rings. The zero-order chi connectivity index (χ0) is 17.4. The molecule has 3 rings (SSSR count). The maximum atomic E-state index is 13.7. The molecule has 0 unspecified atom stereocenters. The zero-order valence-corrected chi connectivity index (χ0v) is 13.2. The first-order chi connectivity index (χ1) is 11.3. The molecule has 0 fully saturated rings. The van der Waals surface area contributed by atoms with E-state index in [-0.39, 0.29) is 24.3 Å². The van der Waals surface area contributed by atoms with Crippen molar-refractivity contribution in [3.05, 3.63) is 58.7 Å². The van der Waals surface area contributed by atoms with Crippen molar-refractivity contribution in [1.29, 1.82) is 0 Å². The van der Waals surface area contributed by atoms with E-state index in [2.05, 4.69) is 0 Å². The molecule has 0 spiro atoms. The summed E-state index contributed by atoms with van der Waals surface area (Å²) in [5.41, 5.74) is 7.92. The van der Waals surface area contributed by atoms with E-state index in [0.29, 0.717) is 19.2 Å². The van der Waals surface area contributed by atoms with Crippen molar-refractivity contribution >= 4 is 5.91 Å². The third-order valence-corrected chi connectivity index (χ3v) is 4.19. The fraction of sp³-hybridized carbons (Fsp3) is 0.353. The molecular weight excluding hydrogens is 319 g/mol. The zero-order valence-electron chi connectivity index (χ0n) is 13.2. The molecule has 2 N–H and O–H groups in total. The molecule has 0 bridgehead atoms. The van der Waals surface area contributed by atoms with Crippen molar-refractivity contribution in [2.75, 3.05) is 0 Å². The SMILES string of the molecule is Cn1cc2c(c1)CN(C(=O)C[C@H](N)Cc1cc(F)cc(F)c1F)C2. The van der Waals surface area contributed by atoms with Crippen LogP contribution in [0.1, 0.15) is 23.1 Å². The van der Waals surface area contributed by atoms with Crippen LogP contribution in [0.5, 0.6) is 0 Å². The molecule has 1 atom stereocenters. The number of aromatic nitrogens is 1. The van der Waals surface area contributed by atoms with Crippen molar-refractivity contribution in [2.45, 2.75) is 32.0 Å². The fourth-order valence-corrected chi connectivity index (χ4v) is 3.09. The summed E-state index contributed by atoms with van der Waals surface area (Å²) in [4.78, 5) is 14.0. The van der Waals surface area contributed by atoms with Crippen molar-refractivity contribution < 1.29 is 18.0 Å². The van der Waals surface area contributed by atoms with E-state index in [1.165, 1.54) is 0 Å². The van der Waals surface area contributed by atoms with Crippen LogP contribution >= 0.6 is 0 Å². The standard InChI is InChI=1S/C17H18F3N3O/c1-22-6-11-8-23(9-12(11)7-22)16(24)5-14(21)3-10-2-13(18)4-15(19)17(10)20/h2,4,6-7,14H,3,5,8-9,21H2,1H3/t14-/m1/s1. The van der Waals surface area contributed by atoms with Gasteiger partial charge in [-0.15, -0.1) is 0 Å². The van der Waals surface area contributed by atoms with Crippen LogP contribution < -0.4 is 5.73 Å². The van der Waals surface area contributed by atoms with Crippen LogP contribution in [0.25, 0.3) is 0 Å². The second-order valence-electron chi connectivity index (χ2n) is 6.25. The number of rotatable bonds is 4. The number of fused-ring (bicyclic) bond motifs is 1. The predicted molar refractivity (Wildman–Crippen MR) is 82.3 cm³/mol.